The first-order chi connectivity index (χ1) is 8.65. The molecule has 0 spiro atoms. The Morgan fingerprint density at radius 2 is 2.11 bits per heavy atom. The molecular weight excluding hydrogens is 256 g/mol. The molecule has 1 aliphatic rings. The molecule has 0 N–H and O–H groups in total. The van der Waals surface area contributed by atoms with Crippen LogP contribution in [0.5, 0.6) is 11.5 Å². The molecule has 4 nitrogen and oxygen atoms in total. The average Bonchev–Trinajstić information content (AvgIpc) is 2.37. The third-order valence-corrected chi connectivity index (χ3v) is 3.27. The third kappa shape index (κ3) is 2.60. The third-order valence-electron chi connectivity index (χ3n) is 2.96. The second kappa shape index (κ2) is 5.59. The van der Waals surface area contributed by atoms with Crippen LogP contribution < -0.4 is 9.47 Å². The summed E-state index contributed by atoms with van der Waals surface area (Å²) >= 11 is 6.22. The van der Waals surface area contributed by atoms with Crippen molar-refractivity contribution >= 4 is 17.4 Å². The second-order valence-electron chi connectivity index (χ2n) is 4.08. The molecule has 1 atom stereocenters. The highest BCUT2D eigenvalue weighted by molar-refractivity contribution is 6.31. The number of ether oxygens (including phenoxy) is 3. The van der Waals surface area contributed by atoms with Crippen molar-refractivity contribution in [3.63, 3.8) is 0 Å². The lowest BCUT2D eigenvalue weighted by Gasteiger charge is -2.25. The smallest absolute Gasteiger partial charge is 0.138 e. The maximum Gasteiger partial charge on any atom is 0.138 e. The molecular formula is C13H15ClO4. The predicted molar refractivity (Wildman–Crippen MR) is 67.5 cm³/mol. The van der Waals surface area contributed by atoms with E-state index in [1.165, 1.54) is 0 Å². The minimum atomic E-state index is -0.334. The predicted octanol–water partition coefficient (Wildman–Crippen LogP) is 2.78. The van der Waals surface area contributed by atoms with Gasteiger partial charge in [0.2, 0.25) is 0 Å². The van der Waals surface area contributed by atoms with Crippen LogP contribution >= 0.6 is 11.6 Å². The van der Waals surface area contributed by atoms with Crippen molar-refractivity contribution in [1.29, 1.82) is 0 Å². The molecule has 1 aliphatic heterocycles. The lowest BCUT2D eigenvalue weighted by atomic mass is 9.99. The van der Waals surface area contributed by atoms with E-state index < -0.39 is 0 Å². The number of carbonyl (C=O) groups is 1. The van der Waals surface area contributed by atoms with Gasteiger partial charge in [-0.2, -0.15) is 0 Å². The van der Waals surface area contributed by atoms with Gasteiger partial charge in [0.15, 0.2) is 0 Å². The lowest BCUT2D eigenvalue weighted by Crippen LogP contribution is -2.20. The summed E-state index contributed by atoms with van der Waals surface area (Å²) in [5, 5.41) is 0.492. The number of benzene rings is 1. The molecule has 1 unspecified atom stereocenters. The van der Waals surface area contributed by atoms with Crippen LogP contribution in [0.4, 0.5) is 0 Å². The van der Waals surface area contributed by atoms with Gasteiger partial charge in [0.05, 0.1) is 32.0 Å². The van der Waals surface area contributed by atoms with Gasteiger partial charge < -0.3 is 14.2 Å². The molecule has 0 aromatic heterocycles. The van der Waals surface area contributed by atoms with Crippen LogP contribution in [-0.2, 0) is 9.53 Å². The summed E-state index contributed by atoms with van der Waals surface area (Å²) in [5.41, 5.74) is 0.716. The van der Waals surface area contributed by atoms with E-state index in [9.17, 15) is 4.79 Å². The van der Waals surface area contributed by atoms with Crippen LogP contribution in [0.3, 0.4) is 0 Å². The van der Waals surface area contributed by atoms with E-state index in [2.05, 4.69) is 0 Å². The standard InChI is InChI=1S/C13H15ClO4/c1-16-9-6-10(14)13(11(7-9)17-2)12-5-8(15)3-4-18-12/h6-7,12H,3-5H2,1-2H3. The normalized spacial score (nSPS) is 19.7. The van der Waals surface area contributed by atoms with Gasteiger partial charge in [-0.15, -0.1) is 0 Å². The fourth-order valence-corrected chi connectivity index (χ4v) is 2.36. The Morgan fingerprint density at radius 1 is 1.33 bits per heavy atom. The Labute approximate surface area is 111 Å². The van der Waals surface area contributed by atoms with Gasteiger partial charge in [-0.3, -0.25) is 4.79 Å². The quantitative estimate of drug-likeness (QED) is 0.847. The summed E-state index contributed by atoms with van der Waals surface area (Å²) in [6.45, 7) is 0.426. The Kier molecular flexibility index (Phi) is 4.09. The second-order valence-corrected chi connectivity index (χ2v) is 4.48. The van der Waals surface area contributed by atoms with Crippen LogP contribution in [0.2, 0.25) is 5.02 Å². The van der Waals surface area contributed by atoms with E-state index in [0.29, 0.717) is 41.5 Å². The van der Waals surface area contributed by atoms with Gasteiger partial charge in [-0.05, 0) is 6.07 Å². The van der Waals surface area contributed by atoms with Gasteiger partial charge in [0.1, 0.15) is 17.3 Å². The first kappa shape index (κ1) is 13.2. The summed E-state index contributed by atoms with van der Waals surface area (Å²) in [4.78, 5) is 11.5. The molecule has 18 heavy (non-hydrogen) atoms. The van der Waals surface area contributed by atoms with Gasteiger partial charge in [0, 0.05) is 24.5 Å². The number of rotatable bonds is 3. The number of hydrogen-bond donors (Lipinski definition) is 0. The molecule has 0 amide bonds. The van der Waals surface area contributed by atoms with Crippen molar-refractivity contribution in [2.45, 2.75) is 18.9 Å². The van der Waals surface area contributed by atoms with Gasteiger partial charge in [0.25, 0.3) is 0 Å². The largest absolute Gasteiger partial charge is 0.497 e. The Hall–Kier alpha value is -1.26. The van der Waals surface area contributed by atoms with Crippen molar-refractivity contribution in [3.05, 3.63) is 22.7 Å². The summed E-state index contributed by atoms with van der Waals surface area (Å²) in [5.74, 6) is 1.38. The molecule has 5 heteroatoms. The van der Waals surface area contributed by atoms with E-state index in [0.717, 1.165) is 0 Å². The molecule has 0 saturated carbocycles. The zero-order valence-electron chi connectivity index (χ0n) is 10.4. The highest BCUT2D eigenvalue weighted by Crippen LogP contribution is 2.40. The summed E-state index contributed by atoms with van der Waals surface area (Å²) in [6.07, 6.45) is 0.467. The van der Waals surface area contributed by atoms with Crippen molar-refractivity contribution in [2.24, 2.45) is 0 Å². The first-order valence-electron chi connectivity index (χ1n) is 5.70. The molecule has 2 rings (SSSR count). The molecule has 1 aromatic carbocycles. The number of carbonyl (C=O) groups excluding carboxylic acids is 1. The van der Waals surface area contributed by atoms with E-state index in [4.69, 9.17) is 25.8 Å². The molecule has 1 saturated heterocycles. The van der Waals surface area contributed by atoms with Crippen LogP contribution in [0.15, 0.2) is 12.1 Å². The summed E-state index contributed by atoms with van der Waals surface area (Å²) in [6, 6.07) is 3.44. The van der Waals surface area contributed by atoms with Crippen LogP contribution in [0, 0.1) is 0 Å². The average molecular weight is 271 g/mol. The SMILES string of the molecule is COc1cc(Cl)c(C2CC(=O)CCO2)c(OC)c1. The van der Waals surface area contributed by atoms with Gasteiger partial charge >= 0.3 is 0 Å². The zero-order chi connectivity index (χ0) is 13.1. The number of methoxy groups -OCH3 is 2. The van der Waals surface area contributed by atoms with E-state index in [1.54, 1.807) is 26.4 Å². The molecule has 1 aromatic rings. The van der Waals surface area contributed by atoms with Gasteiger partial charge in [-0.25, -0.2) is 0 Å². The monoisotopic (exact) mass is 270 g/mol. The zero-order valence-corrected chi connectivity index (χ0v) is 11.1. The lowest BCUT2D eigenvalue weighted by molar-refractivity contribution is -0.128. The summed E-state index contributed by atoms with van der Waals surface area (Å²) in [7, 11) is 3.12. The molecule has 1 heterocycles. The van der Waals surface area contributed by atoms with Crippen LogP contribution in [-0.4, -0.2) is 26.6 Å². The minimum Gasteiger partial charge on any atom is -0.497 e. The number of ketones is 1. The number of hydrogen-bond acceptors (Lipinski definition) is 4. The van der Waals surface area contributed by atoms with Crippen molar-refractivity contribution in [2.75, 3.05) is 20.8 Å². The maximum atomic E-state index is 11.5. The van der Waals surface area contributed by atoms with Crippen molar-refractivity contribution in [1.82, 2.24) is 0 Å². The molecule has 1 fully saturated rings. The highest BCUT2D eigenvalue weighted by Gasteiger charge is 2.27. The Bertz CT molecular complexity index is 459. The van der Waals surface area contributed by atoms with Gasteiger partial charge in [-0.1, -0.05) is 11.6 Å². The highest BCUT2D eigenvalue weighted by atomic mass is 35.5. The van der Waals surface area contributed by atoms with Crippen LogP contribution in [0.1, 0.15) is 24.5 Å². The van der Waals surface area contributed by atoms with E-state index in [1.807, 2.05) is 0 Å². The topological polar surface area (TPSA) is 44.8 Å². The Balaban J connectivity index is 2.39. The fourth-order valence-electron chi connectivity index (χ4n) is 2.04. The summed E-state index contributed by atoms with van der Waals surface area (Å²) < 4.78 is 16.0. The fraction of sp³-hybridized carbons (Fsp3) is 0.462. The molecule has 0 bridgehead atoms. The van der Waals surface area contributed by atoms with E-state index in [-0.39, 0.29) is 11.9 Å². The number of halogens is 1. The molecule has 0 aliphatic carbocycles. The first-order valence-corrected chi connectivity index (χ1v) is 6.08. The Morgan fingerprint density at radius 3 is 2.72 bits per heavy atom. The number of Topliss-reactive ketones (excluding diaryl/α,β-unsaturated/α-hetero) is 1. The van der Waals surface area contributed by atoms with Crippen molar-refractivity contribution < 1.29 is 19.0 Å². The van der Waals surface area contributed by atoms with E-state index >= 15 is 0 Å². The molecule has 98 valence electrons. The van der Waals surface area contributed by atoms with Crippen molar-refractivity contribution in [3.8, 4) is 11.5 Å². The maximum absolute atomic E-state index is 11.5. The minimum absolute atomic E-state index is 0.181. The van der Waals surface area contributed by atoms with Crippen LogP contribution in [0.25, 0.3) is 0 Å². The molecule has 0 radical (unpaired) electrons.